The van der Waals surface area contributed by atoms with Crippen LogP contribution in [0.15, 0.2) is 84.5 Å². The Morgan fingerprint density at radius 1 is 0.920 bits per heavy atom. The molecule has 0 aliphatic heterocycles. The third-order valence-electron chi connectivity index (χ3n) is 5.39. The maximum Gasteiger partial charge on any atom is 0.146 e. The standard InChI is InChI=1S/C23H27OP/c1-18-16-21(17-19(2)20(18)3)14-15-25(24,22-10-6-4-7-11-22)23-12-8-5-9-13-23/h4-14,18-19H,3,15-17H2,1-2H3. The van der Waals surface area contributed by atoms with E-state index in [1.54, 1.807) is 0 Å². The number of benzene rings is 2. The van der Waals surface area contributed by atoms with E-state index in [-0.39, 0.29) is 0 Å². The second-order valence-corrected chi connectivity index (χ2v) is 10.1. The van der Waals surface area contributed by atoms with E-state index < -0.39 is 7.14 Å². The summed E-state index contributed by atoms with van der Waals surface area (Å²) in [6.07, 6.45) is 4.95. The molecule has 25 heavy (non-hydrogen) atoms. The highest BCUT2D eigenvalue weighted by Gasteiger charge is 2.27. The van der Waals surface area contributed by atoms with Crippen molar-refractivity contribution in [1.29, 1.82) is 0 Å². The molecule has 0 heterocycles. The fourth-order valence-corrected chi connectivity index (χ4v) is 6.28. The first-order chi connectivity index (χ1) is 12.0. The molecular formula is C23H27OP. The second kappa shape index (κ2) is 7.58. The van der Waals surface area contributed by atoms with Crippen LogP contribution in [0.2, 0.25) is 0 Å². The molecule has 2 atom stereocenters. The van der Waals surface area contributed by atoms with Crippen molar-refractivity contribution in [3.63, 3.8) is 0 Å². The Morgan fingerprint density at radius 2 is 1.36 bits per heavy atom. The summed E-state index contributed by atoms with van der Waals surface area (Å²) in [6, 6.07) is 19.9. The molecule has 3 rings (SSSR count). The smallest absolute Gasteiger partial charge is 0.146 e. The van der Waals surface area contributed by atoms with Crippen molar-refractivity contribution in [3.8, 4) is 0 Å². The molecule has 0 aromatic heterocycles. The van der Waals surface area contributed by atoms with Gasteiger partial charge in [-0.3, -0.25) is 0 Å². The van der Waals surface area contributed by atoms with Gasteiger partial charge in [-0.05, 0) is 24.7 Å². The highest BCUT2D eigenvalue weighted by Crippen LogP contribution is 2.45. The van der Waals surface area contributed by atoms with E-state index in [0.717, 1.165) is 23.5 Å². The molecule has 2 unspecified atom stereocenters. The fourth-order valence-electron chi connectivity index (χ4n) is 3.74. The highest BCUT2D eigenvalue weighted by molar-refractivity contribution is 7.78. The predicted octanol–water partition coefficient (Wildman–Crippen LogP) is 5.55. The Hall–Kier alpha value is -1.85. The Morgan fingerprint density at radius 3 is 1.80 bits per heavy atom. The van der Waals surface area contributed by atoms with Gasteiger partial charge in [0.2, 0.25) is 0 Å². The predicted molar refractivity (Wildman–Crippen MR) is 109 cm³/mol. The van der Waals surface area contributed by atoms with Crippen LogP contribution in [0.4, 0.5) is 0 Å². The van der Waals surface area contributed by atoms with E-state index in [9.17, 15) is 4.57 Å². The lowest BCUT2D eigenvalue weighted by atomic mass is 9.77. The third-order valence-corrected chi connectivity index (χ3v) is 8.35. The lowest BCUT2D eigenvalue weighted by molar-refractivity contribution is 0.482. The quantitative estimate of drug-likeness (QED) is 0.522. The van der Waals surface area contributed by atoms with Gasteiger partial charge < -0.3 is 4.57 Å². The minimum atomic E-state index is -2.64. The van der Waals surface area contributed by atoms with Gasteiger partial charge >= 0.3 is 0 Å². The SMILES string of the molecule is C=C1C(C)CC(=CCP(=O)(c2ccccc2)c2ccccc2)CC1C. The molecule has 1 aliphatic rings. The molecule has 130 valence electrons. The normalized spacial score (nSPS) is 21.2. The van der Waals surface area contributed by atoms with Gasteiger partial charge in [-0.25, -0.2) is 0 Å². The average molecular weight is 350 g/mol. The molecular weight excluding hydrogens is 323 g/mol. The van der Waals surface area contributed by atoms with E-state index in [1.165, 1.54) is 11.1 Å². The average Bonchev–Trinajstić information content (AvgIpc) is 2.65. The van der Waals surface area contributed by atoms with Crippen molar-refractivity contribution in [2.45, 2.75) is 26.7 Å². The zero-order valence-corrected chi connectivity index (χ0v) is 16.1. The molecule has 0 spiro atoms. The van der Waals surface area contributed by atoms with E-state index in [1.807, 2.05) is 60.7 Å². The van der Waals surface area contributed by atoms with Crippen molar-refractivity contribution >= 4 is 17.8 Å². The molecule has 0 saturated heterocycles. The monoisotopic (exact) mass is 350 g/mol. The topological polar surface area (TPSA) is 17.1 Å². The van der Waals surface area contributed by atoms with Crippen molar-refractivity contribution in [1.82, 2.24) is 0 Å². The van der Waals surface area contributed by atoms with E-state index in [4.69, 9.17) is 0 Å². The molecule has 0 bridgehead atoms. The Labute approximate surface area is 151 Å². The Balaban J connectivity index is 1.93. The van der Waals surface area contributed by atoms with Crippen LogP contribution >= 0.6 is 7.14 Å². The summed E-state index contributed by atoms with van der Waals surface area (Å²) in [4.78, 5) is 0. The number of rotatable bonds is 4. The number of hydrogen-bond donors (Lipinski definition) is 0. The van der Waals surface area contributed by atoms with E-state index in [0.29, 0.717) is 18.0 Å². The van der Waals surface area contributed by atoms with Gasteiger partial charge in [0.15, 0.2) is 0 Å². The van der Waals surface area contributed by atoms with E-state index in [2.05, 4.69) is 26.5 Å². The van der Waals surface area contributed by atoms with Crippen LogP contribution in [-0.2, 0) is 4.57 Å². The van der Waals surface area contributed by atoms with Gasteiger partial charge in [0.25, 0.3) is 0 Å². The molecule has 1 fully saturated rings. The summed E-state index contributed by atoms with van der Waals surface area (Å²) in [5.41, 5.74) is 2.78. The van der Waals surface area contributed by atoms with Crippen LogP contribution in [0.5, 0.6) is 0 Å². The lowest BCUT2D eigenvalue weighted by Crippen LogP contribution is -2.19. The largest absolute Gasteiger partial charge is 0.313 e. The van der Waals surface area contributed by atoms with Crippen LogP contribution in [-0.4, -0.2) is 6.16 Å². The first-order valence-electron chi connectivity index (χ1n) is 9.07. The molecule has 1 aliphatic carbocycles. The summed E-state index contributed by atoms with van der Waals surface area (Å²) < 4.78 is 14.0. The minimum absolute atomic E-state index is 0.517. The Kier molecular flexibility index (Phi) is 5.45. The van der Waals surface area contributed by atoms with Gasteiger partial charge in [-0.1, -0.05) is 98.3 Å². The van der Waals surface area contributed by atoms with Crippen LogP contribution < -0.4 is 10.6 Å². The Bertz CT molecular complexity index is 745. The van der Waals surface area contributed by atoms with Gasteiger partial charge in [-0.15, -0.1) is 0 Å². The molecule has 1 nitrogen and oxygen atoms in total. The summed E-state index contributed by atoms with van der Waals surface area (Å²) in [6.45, 7) is 8.73. The van der Waals surface area contributed by atoms with Crippen LogP contribution in [0.25, 0.3) is 0 Å². The summed E-state index contributed by atoms with van der Waals surface area (Å²) in [5.74, 6) is 1.03. The third kappa shape index (κ3) is 3.88. The van der Waals surface area contributed by atoms with Gasteiger partial charge in [-0.2, -0.15) is 0 Å². The van der Waals surface area contributed by atoms with E-state index >= 15 is 0 Å². The molecule has 0 radical (unpaired) electrons. The zero-order chi connectivity index (χ0) is 17.9. The maximum atomic E-state index is 14.0. The lowest BCUT2D eigenvalue weighted by Gasteiger charge is -2.30. The minimum Gasteiger partial charge on any atom is -0.313 e. The molecule has 2 heteroatoms. The first-order valence-corrected chi connectivity index (χ1v) is 11.0. The first kappa shape index (κ1) is 18.0. The van der Waals surface area contributed by atoms with Gasteiger partial charge in [0, 0.05) is 16.8 Å². The van der Waals surface area contributed by atoms with Crippen molar-refractivity contribution in [3.05, 3.63) is 84.5 Å². The van der Waals surface area contributed by atoms with Crippen LogP contribution in [0, 0.1) is 11.8 Å². The zero-order valence-electron chi connectivity index (χ0n) is 15.2. The molecule has 0 amide bonds. The van der Waals surface area contributed by atoms with Gasteiger partial charge in [0.05, 0.1) is 0 Å². The van der Waals surface area contributed by atoms with Crippen molar-refractivity contribution in [2.24, 2.45) is 11.8 Å². The molecule has 2 aromatic rings. The molecule has 2 aromatic carbocycles. The fraction of sp³-hybridized carbons (Fsp3) is 0.304. The van der Waals surface area contributed by atoms with Crippen molar-refractivity contribution < 1.29 is 4.57 Å². The molecule has 0 N–H and O–H groups in total. The van der Waals surface area contributed by atoms with Crippen LogP contribution in [0.3, 0.4) is 0 Å². The summed E-state index contributed by atoms with van der Waals surface area (Å²) in [5, 5.41) is 1.89. The highest BCUT2D eigenvalue weighted by atomic mass is 31.2. The molecule has 1 saturated carbocycles. The van der Waals surface area contributed by atoms with Gasteiger partial charge in [0.1, 0.15) is 7.14 Å². The number of hydrogen-bond acceptors (Lipinski definition) is 1. The summed E-state index contributed by atoms with van der Waals surface area (Å²) >= 11 is 0. The van der Waals surface area contributed by atoms with Crippen LogP contribution in [0.1, 0.15) is 26.7 Å². The maximum absolute atomic E-state index is 14.0. The summed E-state index contributed by atoms with van der Waals surface area (Å²) in [7, 11) is -2.64. The second-order valence-electron chi connectivity index (χ2n) is 7.24. The number of allylic oxidation sites excluding steroid dienone is 3. The van der Waals surface area contributed by atoms with Crippen molar-refractivity contribution in [2.75, 3.05) is 6.16 Å².